The fraction of sp³-hybridized carbons (Fsp3) is 0.444. The van der Waals surface area contributed by atoms with Gasteiger partial charge in [-0.2, -0.15) is 5.10 Å². The van der Waals surface area contributed by atoms with Crippen molar-refractivity contribution in [3.05, 3.63) is 48.3 Å². The second kappa shape index (κ2) is 7.49. The summed E-state index contributed by atoms with van der Waals surface area (Å²) in [6.07, 6.45) is 8.03. The van der Waals surface area contributed by atoms with E-state index in [-0.39, 0.29) is 6.03 Å². The van der Waals surface area contributed by atoms with Gasteiger partial charge >= 0.3 is 6.03 Å². The van der Waals surface area contributed by atoms with Crippen molar-refractivity contribution in [3.8, 4) is 5.69 Å². The van der Waals surface area contributed by atoms with Crippen molar-refractivity contribution in [3.63, 3.8) is 0 Å². The molecule has 3 rings (SSSR count). The summed E-state index contributed by atoms with van der Waals surface area (Å²) >= 11 is 0. The lowest BCUT2D eigenvalue weighted by molar-refractivity contribution is 0.0501. The minimum Gasteiger partial charge on any atom is -0.388 e. The molecule has 0 atom stereocenters. The zero-order valence-corrected chi connectivity index (χ0v) is 13.7. The molecule has 0 aliphatic heterocycles. The number of nitrogens with one attached hydrogen (secondary N) is 2. The van der Waals surface area contributed by atoms with Crippen molar-refractivity contribution in [2.45, 2.75) is 37.7 Å². The van der Waals surface area contributed by atoms with Gasteiger partial charge in [-0.25, -0.2) is 9.48 Å². The Labute approximate surface area is 141 Å². The van der Waals surface area contributed by atoms with Crippen LogP contribution in [0.5, 0.6) is 0 Å². The van der Waals surface area contributed by atoms with Gasteiger partial charge in [-0.1, -0.05) is 25.0 Å². The maximum Gasteiger partial charge on any atom is 0.314 e. The molecule has 1 aromatic carbocycles. The van der Waals surface area contributed by atoms with Gasteiger partial charge in [-0.05, 0) is 43.0 Å². The Balaban J connectivity index is 1.39. The number of hydrogen-bond acceptors (Lipinski definition) is 3. The minimum atomic E-state index is -0.709. The average Bonchev–Trinajstić information content (AvgIpc) is 3.26. The van der Waals surface area contributed by atoms with E-state index in [0.717, 1.165) is 43.4 Å². The predicted octanol–water partition coefficient (Wildman–Crippen LogP) is 2.02. The fourth-order valence-electron chi connectivity index (χ4n) is 3.07. The first-order valence-electron chi connectivity index (χ1n) is 8.48. The average molecular weight is 328 g/mol. The Morgan fingerprint density at radius 1 is 1.21 bits per heavy atom. The van der Waals surface area contributed by atoms with Crippen molar-refractivity contribution in [1.82, 2.24) is 20.4 Å². The first kappa shape index (κ1) is 16.5. The zero-order chi connectivity index (χ0) is 16.8. The van der Waals surface area contributed by atoms with Crippen LogP contribution < -0.4 is 10.6 Å². The van der Waals surface area contributed by atoms with E-state index in [1.807, 2.05) is 41.2 Å². The number of carbonyl (C=O) groups is 1. The number of rotatable bonds is 6. The molecule has 3 N–H and O–H groups in total. The van der Waals surface area contributed by atoms with Gasteiger partial charge in [-0.3, -0.25) is 0 Å². The number of aromatic nitrogens is 2. The van der Waals surface area contributed by atoms with E-state index in [4.69, 9.17) is 0 Å². The molecule has 0 radical (unpaired) electrons. The molecule has 6 heteroatoms. The molecule has 1 saturated carbocycles. The number of benzene rings is 1. The molecule has 0 bridgehead atoms. The van der Waals surface area contributed by atoms with E-state index in [1.165, 1.54) is 0 Å². The van der Waals surface area contributed by atoms with Gasteiger partial charge in [0.25, 0.3) is 0 Å². The molecular formula is C18H24N4O2. The van der Waals surface area contributed by atoms with Crippen LogP contribution in [-0.2, 0) is 6.42 Å². The molecule has 1 aliphatic carbocycles. The van der Waals surface area contributed by atoms with Crippen molar-refractivity contribution >= 4 is 6.03 Å². The largest absolute Gasteiger partial charge is 0.388 e. The molecular weight excluding hydrogens is 304 g/mol. The third kappa shape index (κ3) is 4.35. The highest BCUT2D eigenvalue weighted by Gasteiger charge is 2.31. The minimum absolute atomic E-state index is 0.219. The maximum absolute atomic E-state index is 11.8. The summed E-state index contributed by atoms with van der Waals surface area (Å²) in [5.74, 6) is 0. The van der Waals surface area contributed by atoms with Crippen LogP contribution in [-0.4, -0.2) is 39.6 Å². The molecule has 6 nitrogen and oxygen atoms in total. The maximum atomic E-state index is 11.8. The lowest BCUT2D eigenvalue weighted by Crippen LogP contribution is -2.45. The van der Waals surface area contributed by atoms with Crippen molar-refractivity contribution in [2.75, 3.05) is 13.1 Å². The highest BCUT2D eigenvalue weighted by molar-refractivity contribution is 5.73. The quantitative estimate of drug-likeness (QED) is 0.759. The molecule has 0 unspecified atom stereocenters. The topological polar surface area (TPSA) is 79.2 Å². The molecule has 128 valence electrons. The van der Waals surface area contributed by atoms with Gasteiger partial charge in [0.15, 0.2) is 0 Å². The molecule has 1 aromatic heterocycles. The van der Waals surface area contributed by atoms with E-state index in [0.29, 0.717) is 13.1 Å². The highest BCUT2D eigenvalue weighted by atomic mass is 16.3. The van der Waals surface area contributed by atoms with Crippen molar-refractivity contribution < 1.29 is 9.90 Å². The summed E-state index contributed by atoms with van der Waals surface area (Å²) in [6, 6.07) is 9.77. The van der Waals surface area contributed by atoms with E-state index in [1.54, 1.807) is 6.20 Å². The van der Waals surface area contributed by atoms with Crippen LogP contribution in [0.25, 0.3) is 5.69 Å². The number of amides is 2. The summed E-state index contributed by atoms with van der Waals surface area (Å²) in [7, 11) is 0. The van der Waals surface area contributed by atoms with Crippen LogP contribution in [0.1, 0.15) is 31.2 Å². The van der Waals surface area contributed by atoms with Gasteiger partial charge in [0.1, 0.15) is 0 Å². The Bertz CT molecular complexity index is 646. The lowest BCUT2D eigenvalue weighted by atomic mass is 10.0. The van der Waals surface area contributed by atoms with E-state index < -0.39 is 5.60 Å². The van der Waals surface area contributed by atoms with Gasteiger partial charge in [0, 0.05) is 25.5 Å². The number of carbonyl (C=O) groups excluding carboxylic acids is 1. The molecule has 0 saturated heterocycles. The Morgan fingerprint density at radius 2 is 1.96 bits per heavy atom. The van der Waals surface area contributed by atoms with Crippen molar-refractivity contribution in [1.29, 1.82) is 0 Å². The number of nitrogens with zero attached hydrogens (tertiary/aromatic N) is 2. The second-order valence-electron chi connectivity index (χ2n) is 6.41. The molecule has 0 spiro atoms. The van der Waals surface area contributed by atoms with Gasteiger partial charge in [0.2, 0.25) is 0 Å². The van der Waals surface area contributed by atoms with E-state index >= 15 is 0 Å². The first-order chi connectivity index (χ1) is 11.6. The Hall–Kier alpha value is -2.34. The zero-order valence-electron chi connectivity index (χ0n) is 13.7. The van der Waals surface area contributed by atoms with E-state index in [9.17, 15) is 9.90 Å². The van der Waals surface area contributed by atoms with Crippen molar-refractivity contribution in [2.24, 2.45) is 0 Å². The molecule has 1 fully saturated rings. The SMILES string of the molecule is O=C(NCCc1ccc(-n2cccn2)cc1)NCC1(O)CCCC1. The third-order valence-electron chi connectivity index (χ3n) is 4.52. The summed E-state index contributed by atoms with van der Waals surface area (Å²) in [5, 5.41) is 20.0. The van der Waals surface area contributed by atoms with Crippen LogP contribution in [0, 0.1) is 0 Å². The van der Waals surface area contributed by atoms with Gasteiger partial charge in [-0.15, -0.1) is 0 Å². The Morgan fingerprint density at radius 3 is 2.62 bits per heavy atom. The summed E-state index contributed by atoms with van der Waals surface area (Å²) < 4.78 is 1.81. The summed E-state index contributed by atoms with van der Waals surface area (Å²) in [6.45, 7) is 0.892. The molecule has 2 aromatic rings. The number of hydrogen-bond donors (Lipinski definition) is 3. The lowest BCUT2D eigenvalue weighted by Gasteiger charge is -2.22. The Kier molecular flexibility index (Phi) is 5.15. The van der Waals surface area contributed by atoms with Crippen LogP contribution in [0.15, 0.2) is 42.7 Å². The van der Waals surface area contributed by atoms with Gasteiger partial charge in [0.05, 0.1) is 11.3 Å². The number of urea groups is 1. The van der Waals surface area contributed by atoms with Gasteiger partial charge < -0.3 is 15.7 Å². The smallest absolute Gasteiger partial charge is 0.314 e. The normalized spacial score (nSPS) is 16.0. The predicted molar refractivity (Wildman–Crippen MR) is 92.1 cm³/mol. The molecule has 24 heavy (non-hydrogen) atoms. The monoisotopic (exact) mass is 328 g/mol. The summed E-state index contributed by atoms with van der Waals surface area (Å²) in [4.78, 5) is 11.8. The highest BCUT2D eigenvalue weighted by Crippen LogP contribution is 2.28. The summed E-state index contributed by atoms with van der Waals surface area (Å²) in [5.41, 5.74) is 1.46. The van der Waals surface area contributed by atoms with E-state index in [2.05, 4.69) is 15.7 Å². The second-order valence-corrected chi connectivity index (χ2v) is 6.41. The molecule has 2 amide bonds. The van der Waals surface area contributed by atoms with Crippen LogP contribution in [0.4, 0.5) is 4.79 Å². The molecule has 1 heterocycles. The standard InChI is InChI=1S/C18H24N4O2/c23-17(20-14-18(24)9-1-2-10-18)19-12-8-15-4-6-16(7-5-15)22-13-3-11-21-22/h3-7,11,13,24H,1-2,8-10,12,14H2,(H2,19,20,23). The fourth-order valence-corrected chi connectivity index (χ4v) is 3.07. The molecule has 1 aliphatic rings. The van der Waals surface area contributed by atoms with Crippen LogP contribution in [0.3, 0.4) is 0 Å². The number of aliphatic hydroxyl groups is 1. The first-order valence-corrected chi connectivity index (χ1v) is 8.48. The van der Waals surface area contributed by atoms with Crippen LogP contribution in [0.2, 0.25) is 0 Å². The van der Waals surface area contributed by atoms with Crippen LogP contribution >= 0.6 is 0 Å². The third-order valence-corrected chi connectivity index (χ3v) is 4.52.